The van der Waals surface area contributed by atoms with Gasteiger partial charge in [0.15, 0.2) is 0 Å². The van der Waals surface area contributed by atoms with E-state index in [0.717, 1.165) is 17.5 Å². The van der Waals surface area contributed by atoms with Crippen molar-refractivity contribution in [2.24, 2.45) is 0 Å². The van der Waals surface area contributed by atoms with Gasteiger partial charge in [0.25, 0.3) is 0 Å². The average Bonchev–Trinajstić information content (AvgIpc) is 3.14. The van der Waals surface area contributed by atoms with Crippen molar-refractivity contribution in [3.05, 3.63) is 77.7 Å². The zero-order valence-electron chi connectivity index (χ0n) is 13.3. The van der Waals surface area contributed by atoms with E-state index in [1.165, 1.54) is 10.9 Å². The topological polar surface area (TPSA) is 63.1 Å². The molecule has 0 atom stereocenters. The molecular formula is C20H19N3O. The number of nitrogens with one attached hydrogen (secondary N) is 2. The number of amidine groups is 1. The molecule has 0 bridgehead atoms. The summed E-state index contributed by atoms with van der Waals surface area (Å²) < 4.78 is 0. The van der Waals surface area contributed by atoms with Crippen LogP contribution in [0.25, 0.3) is 16.5 Å². The van der Waals surface area contributed by atoms with Crippen LogP contribution in [-0.4, -0.2) is 33.9 Å². The summed E-state index contributed by atoms with van der Waals surface area (Å²) in [7, 11) is 0. The molecule has 0 aliphatic carbocycles. The van der Waals surface area contributed by atoms with Crippen molar-refractivity contribution < 1.29 is 5.11 Å². The molecule has 0 amide bonds. The number of aromatic nitrogens is 1. The van der Waals surface area contributed by atoms with Crippen LogP contribution < -0.4 is 0 Å². The Hall–Kier alpha value is -3.01. The van der Waals surface area contributed by atoms with Crippen molar-refractivity contribution in [2.75, 3.05) is 13.1 Å². The molecule has 0 fully saturated rings. The highest BCUT2D eigenvalue weighted by Gasteiger charge is 2.27. The van der Waals surface area contributed by atoms with Crippen LogP contribution in [0.5, 0.6) is 0 Å². The second-order valence-corrected chi connectivity index (χ2v) is 6.07. The van der Waals surface area contributed by atoms with Gasteiger partial charge in [-0.1, -0.05) is 48.5 Å². The molecule has 1 aliphatic rings. The smallest absolute Gasteiger partial charge is 0.132 e. The average molecular weight is 317 g/mol. The molecule has 2 heterocycles. The third kappa shape index (κ3) is 2.46. The Morgan fingerprint density at radius 3 is 2.62 bits per heavy atom. The lowest BCUT2D eigenvalue weighted by atomic mass is 10.1. The summed E-state index contributed by atoms with van der Waals surface area (Å²) in [4.78, 5) is 5.22. The van der Waals surface area contributed by atoms with Crippen molar-refractivity contribution >= 4 is 22.3 Å². The van der Waals surface area contributed by atoms with Crippen molar-refractivity contribution in [3.63, 3.8) is 0 Å². The summed E-state index contributed by atoms with van der Waals surface area (Å²) in [5, 5.41) is 20.0. The molecule has 4 heteroatoms. The molecule has 24 heavy (non-hydrogen) atoms. The van der Waals surface area contributed by atoms with E-state index in [2.05, 4.69) is 17.1 Å². The molecular weight excluding hydrogens is 298 g/mol. The quantitative estimate of drug-likeness (QED) is 0.681. The van der Waals surface area contributed by atoms with Gasteiger partial charge in [-0.2, -0.15) is 0 Å². The van der Waals surface area contributed by atoms with Gasteiger partial charge in [-0.25, -0.2) is 0 Å². The first-order valence-corrected chi connectivity index (χ1v) is 8.10. The second-order valence-electron chi connectivity index (χ2n) is 6.07. The van der Waals surface area contributed by atoms with E-state index in [-0.39, 0.29) is 5.76 Å². The summed E-state index contributed by atoms with van der Waals surface area (Å²) in [5.41, 5.74) is 3.92. The number of hydrogen-bond acceptors (Lipinski definition) is 2. The predicted octanol–water partition coefficient (Wildman–Crippen LogP) is 3.97. The van der Waals surface area contributed by atoms with Crippen LogP contribution in [0.2, 0.25) is 0 Å². The van der Waals surface area contributed by atoms with Crippen molar-refractivity contribution in [1.82, 2.24) is 9.88 Å². The lowest BCUT2D eigenvalue weighted by Crippen LogP contribution is -2.28. The number of H-pyrrole nitrogens is 1. The molecule has 3 N–H and O–H groups in total. The fraction of sp³-hybridized carbons (Fsp3) is 0.150. The molecule has 0 saturated carbocycles. The van der Waals surface area contributed by atoms with Crippen molar-refractivity contribution in [3.8, 4) is 0 Å². The molecule has 0 saturated heterocycles. The van der Waals surface area contributed by atoms with E-state index in [4.69, 9.17) is 5.41 Å². The van der Waals surface area contributed by atoms with Crippen LogP contribution in [0.3, 0.4) is 0 Å². The van der Waals surface area contributed by atoms with E-state index in [1.807, 2.05) is 53.6 Å². The Bertz CT molecular complexity index is 924. The number of fused-ring (bicyclic) bond motifs is 1. The maximum Gasteiger partial charge on any atom is 0.132 e. The highest BCUT2D eigenvalue weighted by molar-refractivity contribution is 6.23. The second kappa shape index (κ2) is 5.89. The minimum absolute atomic E-state index is 0.283. The van der Waals surface area contributed by atoms with E-state index < -0.39 is 0 Å². The van der Waals surface area contributed by atoms with Gasteiger partial charge in [-0.05, 0) is 23.6 Å². The number of hydrogen-bond donors (Lipinski definition) is 3. The number of para-hydroxylation sites is 1. The minimum atomic E-state index is 0.283. The van der Waals surface area contributed by atoms with Gasteiger partial charge in [0.05, 0.1) is 12.1 Å². The Morgan fingerprint density at radius 1 is 1.04 bits per heavy atom. The number of nitrogens with zero attached hydrogens (tertiary/aromatic N) is 1. The monoisotopic (exact) mass is 317 g/mol. The SMILES string of the molecule is N=C1C(c2ccccc2)=C(O)CN1CCc1c[nH]c2ccccc12. The summed E-state index contributed by atoms with van der Waals surface area (Å²) in [5.74, 6) is 0.684. The Balaban J connectivity index is 1.50. The molecule has 1 aromatic heterocycles. The normalized spacial score (nSPS) is 14.8. The zero-order valence-corrected chi connectivity index (χ0v) is 13.3. The van der Waals surface area contributed by atoms with Gasteiger partial charge in [0.1, 0.15) is 11.6 Å². The van der Waals surface area contributed by atoms with Gasteiger partial charge in [-0.3, -0.25) is 5.41 Å². The van der Waals surface area contributed by atoms with Gasteiger partial charge in [-0.15, -0.1) is 0 Å². The summed E-state index contributed by atoms with van der Waals surface area (Å²) in [6.07, 6.45) is 2.87. The molecule has 0 spiro atoms. The fourth-order valence-corrected chi connectivity index (χ4v) is 3.33. The van der Waals surface area contributed by atoms with E-state index in [9.17, 15) is 5.11 Å². The van der Waals surface area contributed by atoms with Gasteiger partial charge in [0.2, 0.25) is 0 Å². The number of benzene rings is 2. The van der Waals surface area contributed by atoms with Crippen LogP contribution >= 0.6 is 0 Å². The first-order chi connectivity index (χ1) is 11.7. The molecule has 4 rings (SSSR count). The van der Waals surface area contributed by atoms with Crippen LogP contribution in [0.15, 0.2) is 66.6 Å². The predicted molar refractivity (Wildman–Crippen MR) is 97.3 cm³/mol. The largest absolute Gasteiger partial charge is 0.510 e. The number of aromatic amines is 1. The summed E-state index contributed by atoms with van der Waals surface area (Å²) >= 11 is 0. The maximum absolute atomic E-state index is 10.3. The molecule has 3 aromatic rings. The van der Waals surface area contributed by atoms with Crippen LogP contribution in [0.1, 0.15) is 11.1 Å². The highest BCUT2D eigenvalue weighted by atomic mass is 16.3. The number of aliphatic hydroxyl groups excluding tert-OH is 1. The molecule has 4 nitrogen and oxygen atoms in total. The van der Waals surface area contributed by atoms with Crippen LogP contribution in [0, 0.1) is 5.41 Å². The summed E-state index contributed by atoms with van der Waals surface area (Å²) in [6.45, 7) is 1.12. The van der Waals surface area contributed by atoms with E-state index in [0.29, 0.717) is 24.5 Å². The van der Waals surface area contributed by atoms with Gasteiger partial charge < -0.3 is 15.0 Å². The first-order valence-electron chi connectivity index (χ1n) is 8.10. The van der Waals surface area contributed by atoms with Crippen LogP contribution in [-0.2, 0) is 6.42 Å². The number of rotatable bonds is 4. The lowest BCUT2D eigenvalue weighted by molar-refractivity contribution is 0.351. The molecule has 2 aromatic carbocycles. The molecule has 0 radical (unpaired) electrons. The Labute approximate surface area is 140 Å². The third-order valence-electron chi connectivity index (χ3n) is 4.57. The molecule has 1 aliphatic heterocycles. The Morgan fingerprint density at radius 2 is 1.79 bits per heavy atom. The standard InChI is InChI=1S/C20H19N3O/c21-20-19(14-6-2-1-3-7-14)18(24)13-23(20)11-10-15-12-22-17-9-5-4-8-16(15)17/h1-9,12,21-22,24H,10-11,13H2. The molecule has 0 unspecified atom stereocenters. The van der Waals surface area contributed by atoms with E-state index >= 15 is 0 Å². The highest BCUT2D eigenvalue weighted by Crippen LogP contribution is 2.27. The number of aliphatic hydroxyl groups is 1. The molecule has 120 valence electrons. The third-order valence-corrected chi connectivity index (χ3v) is 4.57. The lowest BCUT2D eigenvalue weighted by Gasteiger charge is -2.18. The summed E-state index contributed by atoms with van der Waals surface area (Å²) in [6, 6.07) is 17.9. The Kier molecular flexibility index (Phi) is 3.58. The maximum atomic E-state index is 10.3. The van der Waals surface area contributed by atoms with Gasteiger partial charge >= 0.3 is 0 Å². The van der Waals surface area contributed by atoms with E-state index in [1.54, 1.807) is 0 Å². The van der Waals surface area contributed by atoms with Gasteiger partial charge in [0, 0.05) is 23.6 Å². The minimum Gasteiger partial charge on any atom is -0.510 e. The van der Waals surface area contributed by atoms with Crippen molar-refractivity contribution in [2.45, 2.75) is 6.42 Å². The zero-order chi connectivity index (χ0) is 16.5. The first kappa shape index (κ1) is 14.6. The van der Waals surface area contributed by atoms with Crippen molar-refractivity contribution in [1.29, 1.82) is 5.41 Å². The fourth-order valence-electron chi connectivity index (χ4n) is 3.33. The van der Waals surface area contributed by atoms with Crippen LogP contribution in [0.4, 0.5) is 0 Å².